The fraction of sp³-hybridized carbons (Fsp3) is 1.00. The van der Waals surface area contributed by atoms with Crippen LogP contribution < -0.4 is 0 Å². The molecule has 1 aliphatic heterocycles. The van der Waals surface area contributed by atoms with E-state index < -0.39 is 0 Å². The van der Waals surface area contributed by atoms with Gasteiger partial charge in [-0.15, -0.1) is 0 Å². The highest BCUT2D eigenvalue weighted by molar-refractivity contribution is 8.00. The van der Waals surface area contributed by atoms with Crippen LogP contribution in [0.25, 0.3) is 0 Å². The van der Waals surface area contributed by atoms with Crippen LogP contribution >= 0.6 is 11.8 Å². The number of rotatable bonds is 1. The average molecular weight is 214 g/mol. The maximum absolute atomic E-state index is 2.38. The lowest BCUT2D eigenvalue weighted by Gasteiger charge is -2.27. The molecule has 0 aromatic heterocycles. The quantitative estimate of drug-likeness (QED) is 0.608. The smallest absolute Gasteiger partial charge is 0.00987 e. The highest BCUT2D eigenvalue weighted by atomic mass is 32.2. The average Bonchev–Trinajstić information content (AvgIpc) is 2.29. The molecule has 0 aliphatic carbocycles. The van der Waals surface area contributed by atoms with Crippen LogP contribution in [0.5, 0.6) is 0 Å². The standard InChI is InChI=1S/C13H26S/c1-12(2,3)9-10-7-8-11(14-10)13(4,5)6/h10-11H,7-9H2,1-6H3. The van der Waals surface area contributed by atoms with E-state index in [1.807, 2.05) is 0 Å². The molecular weight excluding hydrogens is 188 g/mol. The molecule has 1 heteroatoms. The van der Waals surface area contributed by atoms with Crippen molar-refractivity contribution in [2.24, 2.45) is 10.8 Å². The highest BCUT2D eigenvalue weighted by Crippen LogP contribution is 2.46. The summed E-state index contributed by atoms with van der Waals surface area (Å²) < 4.78 is 0. The van der Waals surface area contributed by atoms with Crippen LogP contribution in [0, 0.1) is 10.8 Å². The lowest BCUT2D eigenvalue weighted by atomic mass is 9.86. The first-order chi connectivity index (χ1) is 6.18. The summed E-state index contributed by atoms with van der Waals surface area (Å²) in [6.07, 6.45) is 4.24. The molecule has 0 aromatic rings. The minimum atomic E-state index is 0.497. The third-order valence-electron chi connectivity index (χ3n) is 2.91. The lowest BCUT2D eigenvalue weighted by Crippen LogP contribution is -2.20. The van der Waals surface area contributed by atoms with Crippen molar-refractivity contribution in [1.82, 2.24) is 0 Å². The van der Waals surface area contributed by atoms with Gasteiger partial charge in [-0.1, -0.05) is 41.5 Å². The van der Waals surface area contributed by atoms with E-state index in [1.54, 1.807) is 0 Å². The molecular formula is C13H26S. The van der Waals surface area contributed by atoms with Crippen LogP contribution in [-0.4, -0.2) is 10.5 Å². The zero-order valence-electron chi connectivity index (χ0n) is 10.7. The van der Waals surface area contributed by atoms with Gasteiger partial charge < -0.3 is 0 Å². The Balaban J connectivity index is 2.42. The van der Waals surface area contributed by atoms with E-state index in [0.29, 0.717) is 10.8 Å². The van der Waals surface area contributed by atoms with Crippen LogP contribution in [0.15, 0.2) is 0 Å². The Morgan fingerprint density at radius 2 is 1.57 bits per heavy atom. The third-order valence-corrected chi connectivity index (χ3v) is 4.97. The molecule has 1 rings (SSSR count). The van der Waals surface area contributed by atoms with Crippen LogP contribution in [0.1, 0.15) is 60.8 Å². The van der Waals surface area contributed by atoms with Crippen molar-refractivity contribution in [2.75, 3.05) is 0 Å². The van der Waals surface area contributed by atoms with Crippen molar-refractivity contribution in [3.8, 4) is 0 Å². The third kappa shape index (κ3) is 3.84. The summed E-state index contributed by atoms with van der Waals surface area (Å²) in [5.74, 6) is 0. The topological polar surface area (TPSA) is 0 Å². The first-order valence-electron chi connectivity index (χ1n) is 5.84. The van der Waals surface area contributed by atoms with E-state index in [9.17, 15) is 0 Å². The summed E-state index contributed by atoms with van der Waals surface area (Å²) in [6.45, 7) is 14.2. The Morgan fingerprint density at radius 3 is 1.93 bits per heavy atom. The number of hydrogen-bond acceptors (Lipinski definition) is 1. The summed E-state index contributed by atoms with van der Waals surface area (Å²) in [6, 6.07) is 0. The minimum Gasteiger partial charge on any atom is -0.155 e. The predicted molar refractivity (Wildman–Crippen MR) is 67.9 cm³/mol. The fourth-order valence-electron chi connectivity index (χ4n) is 2.18. The molecule has 0 bridgehead atoms. The van der Waals surface area contributed by atoms with Crippen molar-refractivity contribution < 1.29 is 0 Å². The summed E-state index contributed by atoms with van der Waals surface area (Å²) in [4.78, 5) is 0. The van der Waals surface area contributed by atoms with Gasteiger partial charge in [0.15, 0.2) is 0 Å². The monoisotopic (exact) mass is 214 g/mol. The fourth-order valence-corrected chi connectivity index (χ4v) is 4.19. The summed E-state index contributed by atoms with van der Waals surface area (Å²) in [5, 5.41) is 1.80. The van der Waals surface area contributed by atoms with Crippen molar-refractivity contribution in [3.63, 3.8) is 0 Å². The number of hydrogen-bond donors (Lipinski definition) is 0. The molecule has 0 amide bonds. The van der Waals surface area contributed by atoms with Gasteiger partial charge in [0, 0.05) is 10.5 Å². The first kappa shape index (κ1) is 12.4. The predicted octanol–water partition coefficient (Wildman–Crippen LogP) is 4.73. The zero-order valence-corrected chi connectivity index (χ0v) is 11.5. The van der Waals surface area contributed by atoms with Crippen molar-refractivity contribution in [1.29, 1.82) is 0 Å². The van der Waals surface area contributed by atoms with Crippen LogP contribution in [-0.2, 0) is 0 Å². The SMILES string of the molecule is CC(C)(C)CC1CCC(C(C)(C)C)S1. The molecule has 0 N–H and O–H groups in total. The maximum atomic E-state index is 2.38. The molecule has 0 radical (unpaired) electrons. The van der Waals surface area contributed by atoms with E-state index in [2.05, 4.69) is 53.3 Å². The lowest BCUT2D eigenvalue weighted by molar-refractivity contribution is 0.361. The van der Waals surface area contributed by atoms with Gasteiger partial charge in [0.05, 0.1) is 0 Å². The molecule has 1 fully saturated rings. The highest BCUT2D eigenvalue weighted by Gasteiger charge is 2.34. The minimum absolute atomic E-state index is 0.497. The molecule has 1 saturated heterocycles. The Labute approximate surface area is 94.2 Å². The molecule has 1 aliphatic rings. The zero-order chi connectivity index (χ0) is 11.0. The van der Waals surface area contributed by atoms with Gasteiger partial charge in [0.2, 0.25) is 0 Å². The summed E-state index contributed by atoms with van der Waals surface area (Å²) in [7, 11) is 0. The van der Waals surface area contributed by atoms with Crippen LogP contribution in [0.3, 0.4) is 0 Å². The van der Waals surface area contributed by atoms with E-state index >= 15 is 0 Å². The van der Waals surface area contributed by atoms with Gasteiger partial charge in [-0.3, -0.25) is 0 Å². The molecule has 2 atom stereocenters. The molecule has 0 nitrogen and oxygen atoms in total. The second kappa shape index (κ2) is 4.08. The van der Waals surface area contributed by atoms with Gasteiger partial charge in [0.25, 0.3) is 0 Å². The van der Waals surface area contributed by atoms with E-state index in [0.717, 1.165) is 10.5 Å². The van der Waals surface area contributed by atoms with Gasteiger partial charge in [-0.05, 0) is 30.1 Å². The van der Waals surface area contributed by atoms with Crippen LogP contribution in [0.4, 0.5) is 0 Å². The van der Waals surface area contributed by atoms with E-state index in [1.165, 1.54) is 19.3 Å². The van der Waals surface area contributed by atoms with Gasteiger partial charge in [-0.2, -0.15) is 11.8 Å². The Morgan fingerprint density at radius 1 is 1.00 bits per heavy atom. The molecule has 1 heterocycles. The molecule has 84 valence electrons. The van der Waals surface area contributed by atoms with Crippen molar-refractivity contribution in [3.05, 3.63) is 0 Å². The molecule has 14 heavy (non-hydrogen) atoms. The van der Waals surface area contributed by atoms with E-state index in [4.69, 9.17) is 0 Å². The van der Waals surface area contributed by atoms with Crippen molar-refractivity contribution >= 4 is 11.8 Å². The van der Waals surface area contributed by atoms with Crippen LogP contribution in [0.2, 0.25) is 0 Å². The van der Waals surface area contributed by atoms with Gasteiger partial charge in [0.1, 0.15) is 0 Å². The van der Waals surface area contributed by atoms with Crippen molar-refractivity contribution in [2.45, 2.75) is 71.3 Å². The summed E-state index contributed by atoms with van der Waals surface area (Å²) in [5.41, 5.74) is 1.00. The first-order valence-corrected chi connectivity index (χ1v) is 6.78. The largest absolute Gasteiger partial charge is 0.155 e. The summed E-state index contributed by atoms with van der Waals surface area (Å²) >= 11 is 2.24. The Bertz CT molecular complexity index is 182. The Kier molecular flexibility index (Phi) is 3.62. The molecule has 0 saturated carbocycles. The second-order valence-corrected chi connectivity index (χ2v) is 8.46. The molecule has 0 aromatic carbocycles. The second-order valence-electron chi connectivity index (χ2n) is 6.95. The molecule has 0 spiro atoms. The van der Waals surface area contributed by atoms with Gasteiger partial charge >= 0.3 is 0 Å². The normalized spacial score (nSPS) is 29.6. The molecule has 2 unspecified atom stereocenters. The van der Waals surface area contributed by atoms with E-state index in [-0.39, 0.29) is 0 Å². The Hall–Kier alpha value is 0.350. The van der Waals surface area contributed by atoms with Gasteiger partial charge in [-0.25, -0.2) is 0 Å². The number of thioether (sulfide) groups is 1. The maximum Gasteiger partial charge on any atom is 0.00987 e.